The van der Waals surface area contributed by atoms with Gasteiger partial charge in [0.2, 0.25) is 11.8 Å². The number of hydrogen-bond donors (Lipinski definition) is 1. The summed E-state index contributed by atoms with van der Waals surface area (Å²) in [5.41, 5.74) is 1.10. The summed E-state index contributed by atoms with van der Waals surface area (Å²) in [4.78, 5) is 53.0. The molecule has 32 heavy (non-hydrogen) atoms. The van der Waals surface area contributed by atoms with E-state index in [1.54, 1.807) is 21.9 Å². The van der Waals surface area contributed by atoms with Crippen LogP contribution < -0.4 is 5.32 Å². The van der Waals surface area contributed by atoms with Gasteiger partial charge in [-0.1, -0.05) is 18.2 Å². The second kappa shape index (κ2) is 9.04. The number of pyridine rings is 1. The molecular weight excluding hydrogens is 432 g/mol. The fourth-order valence-corrected chi connectivity index (χ4v) is 4.32. The third kappa shape index (κ3) is 4.62. The maximum atomic E-state index is 12.6. The molecule has 0 unspecified atom stereocenters. The zero-order valence-corrected chi connectivity index (χ0v) is 19.2. The van der Waals surface area contributed by atoms with E-state index < -0.39 is 11.6 Å². The topological polar surface area (TPSA) is 108 Å². The normalized spacial score (nSPS) is 17.6. The van der Waals surface area contributed by atoms with E-state index >= 15 is 0 Å². The van der Waals surface area contributed by atoms with Gasteiger partial charge in [-0.05, 0) is 43.7 Å². The Hall–Kier alpha value is -3.33. The fourth-order valence-electron chi connectivity index (χ4n) is 4.11. The Morgan fingerprint density at radius 1 is 1.22 bits per heavy atom. The van der Waals surface area contributed by atoms with Crippen LogP contribution in [0.2, 0.25) is 5.15 Å². The van der Waals surface area contributed by atoms with Crippen LogP contribution in [-0.4, -0.2) is 68.1 Å². The quantitative estimate of drug-likeness (QED) is 0.558. The number of nitrogens with zero attached hydrogens (tertiary/aromatic N) is 5. The Labute approximate surface area is 191 Å². The summed E-state index contributed by atoms with van der Waals surface area (Å²) in [6.07, 6.45) is 2.54. The highest BCUT2D eigenvalue weighted by atomic mass is 35.5. The van der Waals surface area contributed by atoms with Crippen molar-refractivity contribution in [3.8, 4) is 11.4 Å². The van der Waals surface area contributed by atoms with Crippen molar-refractivity contribution in [3.63, 3.8) is 0 Å². The molecule has 2 aromatic heterocycles. The van der Waals surface area contributed by atoms with Gasteiger partial charge in [-0.15, -0.1) is 0 Å². The standard InChI is InChI=1S/C22H25ClN6O3/c1-6-20(31)28-10-18(29(13(2)30)22(3,4)11-28)14-7-16(27-19(23)8-14)15-9-17(21(32)24-5)26-12-25-15/h6-9,12,18H,1,10-11H2,2-5H3,(H,24,32)/t18-/m1/s1. The van der Waals surface area contributed by atoms with Crippen molar-refractivity contribution in [1.29, 1.82) is 0 Å². The summed E-state index contributed by atoms with van der Waals surface area (Å²) < 4.78 is 0. The van der Waals surface area contributed by atoms with Crippen molar-refractivity contribution in [2.45, 2.75) is 32.4 Å². The maximum absolute atomic E-state index is 12.6. The molecule has 0 bridgehead atoms. The van der Waals surface area contributed by atoms with Crippen molar-refractivity contribution in [2.24, 2.45) is 0 Å². The molecule has 0 saturated carbocycles. The molecule has 1 fully saturated rings. The van der Waals surface area contributed by atoms with E-state index in [1.165, 1.54) is 32.4 Å². The van der Waals surface area contributed by atoms with Crippen molar-refractivity contribution < 1.29 is 14.4 Å². The van der Waals surface area contributed by atoms with E-state index in [1.807, 2.05) is 13.8 Å². The van der Waals surface area contributed by atoms with E-state index in [9.17, 15) is 14.4 Å². The van der Waals surface area contributed by atoms with Gasteiger partial charge in [-0.3, -0.25) is 14.4 Å². The minimum absolute atomic E-state index is 0.121. The lowest BCUT2D eigenvalue weighted by molar-refractivity contribution is -0.149. The van der Waals surface area contributed by atoms with Gasteiger partial charge in [-0.25, -0.2) is 15.0 Å². The number of hydrogen-bond acceptors (Lipinski definition) is 6. The lowest BCUT2D eigenvalue weighted by Gasteiger charge is -2.51. The number of rotatable bonds is 4. The molecule has 3 heterocycles. The smallest absolute Gasteiger partial charge is 0.269 e. The SMILES string of the molecule is C=CC(=O)N1C[C@H](c2cc(Cl)nc(-c3cc(C(=O)NC)ncn3)c2)N(C(C)=O)C(C)(C)C1. The number of aromatic nitrogens is 3. The first-order chi connectivity index (χ1) is 15.1. The summed E-state index contributed by atoms with van der Waals surface area (Å²) in [5.74, 6) is -0.687. The zero-order valence-electron chi connectivity index (χ0n) is 18.4. The largest absolute Gasteiger partial charge is 0.354 e. The Morgan fingerprint density at radius 3 is 2.56 bits per heavy atom. The van der Waals surface area contributed by atoms with Crippen LogP contribution in [0.3, 0.4) is 0 Å². The van der Waals surface area contributed by atoms with Gasteiger partial charge in [0, 0.05) is 27.1 Å². The van der Waals surface area contributed by atoms with E-state index in [4.69, 9.17) is 11.6 Å². The first kappa shape index (κ1) is 23.3. The fraction of sp³-hybridized carbons (Fsp3) is 0.364. The second-order valence-electron chi connectivity index (χ2n) is 8.12. The molecule has 168 valence electrons. The summed E-state index contributed by atoms with van der Waals surface area (Å²) >= 11 is 6.34. The number of amides is 3. The Bertz CT molecular complexity index is 1090. The highest BCUT2D eigenvalue weighted by Crippen LogP contribution is 2.36. The van der Waals surface area contributed by atoms with E-state index in [-0.39, 0.29) is 35.1 Å². The third-order valence-corrected chi connectivity index (χ3v) is 5.54. The number of piperazine rings is 1. The van der Waals surface area contributed by atoms with Crippen molar-refractivity contribution in [1.82, 2.24) is 30.1 Å². The highest BCUT2D eigenvalue weighted by Gasteiger charge is 2.43. The number of carbonyl (C=O) groups excluding carboxylic acids is 3. The molecule has 1 saturated heterocycles. The predicted molar refractivity (Wildman–Crippen MR) is 120 cm³/mol. The van der Waals surface area contributed by atoms with Crippen LogP contribution in [0.25, 0.3) is 11.4 Å². The predicted octanol–water partition coefficient (Wildman–Crippen LogP) is 2.25. The molecule has 1 aliphatic heterocycles. The van der Waals surface area contributed by atoms with Gasteiger partial charge in [-0.2, -0.15) is 0 Å². The second-order valence-corrected chi connectivity index (χ2v) is 8.50. The van der Waals surface area contributed by atoms with Gasteiger partial charge in [0.1, 0.15) is 17.2 Å². The molecular formula is C22H25ClN6O3. The molecule has 1 N–H and O–H groups in total. The summed E-state index contributed by atoms with van der Waals surface area (Å²) in [6.45, 7) is 9.56. The molecule has 3 rings (SSSR count). The summed E-state index contributed by atoms with van der Waals surface area (Å²) in [6, 6.07) is 4.49. The average molecular weight is 457 g/mol. The molecule has 1 atom stereocenters. The van der Waals surface area contributed by atoms with Crippen LogP contribution in [0.4, 0.5) is 0 Å². The number of halogens is 1. The molecule has 0 spiro atoms. The van der Waals surface area contributed by atoms with Gasteiger partial charge in [0.25, 0.3) is 5.91 Å². The van der Waals surface area contributed by atoms with Gasteiger partial charge in [0.05, 0.1) is 23.0 Å². The van der Waals surface area contributed by atoms with Gasteiger partial charge < -0.3 is 15.1 Å². The minimum Gasteiger partial charge on any atom is -0.354 e. The number of carbonyl (C=O) groups is 3. The molecule has 1 aliphatic rings. The van der Waals surface area contributed by atoms with Crippen molar-refractivity contribution in [2.75, 3.05) is 20.1 Å². The summed E-state index contributed by atoms with van der Waals surface area (Å²) in [7, 11) is 1.51. The summed E-state index contributed by atoms with van der Waals surface area (Å²) in [5, 5.41) is 2.72. The zero-order chi connectivity index (χ0) is 23.6. The third-order valence-electron chi connectivity index (χ3n) is 5.35. The molecule has 10 heteroatoms. The first-order valence-corrected chi connectivity index (χ1v) is 10.4. The molecule has 0 aromatic carbocycles. The van der Waals surface area contributed by atoms with Crippen LogP contribution in [-0.2, 0) is 9.59 Å². The van der Waals surface area contributed by atoms with Crippen LogP contribution in [0, 0.1) is 0 Å². The van der Waals surface area contributed by atoms with Crippen LogP contribution in [0.1, 0.15) is 42.9 Å². The minimum atomic E-state index is -0.620. The molecule has 3 amide bonds. The van der Waals surface area contributed by atoms with E-state index in [2.05, 4.69) is 26.8 Å². The van der Waals surface area contributed by atoms with Crippen LogP contribution in [0.15, 0.2) is 37.2 Å². The molecule has 0 aliphatic carbocycles. The Kier molecular flexibility index (Phi) is 6.59. The lowest BCUT2D eigenvalue weighted by atomic mass is 9.91. The molecule has 9 nitrogen and oxygen atoms in total. The Morgan fingerprint density at radius 2 is 1.94 bits per heavy atom. The number of nitrogens with one attached hydrogen (secondary N) is 1. The van der Waals surface area contributed by atoms with Crippen molar-refractivity contribution >= 4 is 29.3 Å². The van der Waals surface area contributed by atoms with Gasteiger partial charge >= 0.3 is 0 Å². The molecule has 2 aromatic rings. The molecule has 0 radical (unpaired) electrons. The average Bonchev–Trinajstić information content (AvgIpc) is 2.76. The van der Waals surface area contributed by atoms with Crippen molar-refractivity contribution in [3.05, 3.63) is 53.6 Å². The highest BCUT2D eigenvalue weighted by molar-refractivity contribution is 6.29. The van der Waals surface area contributed by atoms with Gasteiger partial charge in [0.15, 0.2) is 0 Å². The lowest BCUT2D eigenvalue weighted by Crippen LogP contribution is -2.62. The maximum Gasteiger partial charge on any atom is 0.269 e. The van der Waals surface area contributed by atoms with E-state index in [0.717, 1.165) is 0 Å². The van der Waals surface area contributed by atoms with E-state index in [0.29, 0.717) is 23.5 Å². The van der Waals surface area contributed by atoms with Crippen LogP contribution >= 0.6 is 11.6 Å². The van der Waals surface area contributed by atoms with Crippen LogP contribution in [0.5, 0.6) is 0 Å². The Balaban J connectivity index is 2.10. The first-order valence-electron chi connectivity index (χ1n) is 10.0. The monoisotopic (exact) mass is 456 g/mol.